The first-order valence-corrected chi connectivity index (χ1v) is 9.38. The summed E-state index contributed by atoms with van der Waals surface area (Å²) in [5.41, 5.74) is 0.941. The van der Waals surface area contributed by atoms with Crippen LogP contribution in [-0.2, 0) is 10.0 Å². The van der Waals surface area contributed by atoms with Crippen molar-refractivity contribution in [3.8, 4) is 0 Å². The molecular weight excluding hydrogens is 344 g/mol. The molecule has 5 nitrogen and oxygen atoms in total. The molecule has 1 aromatic carbocycles. The highest BCUT2D eigenvalue weighted by molar-refractivity contribution is 7.93. The minimum Gasteiger partial charge on any atom is -0.387 e. The third-order valence-corrected chi connectivity index (χ3v) is 5.98. The Bertz CT molecular complexity index is 772. The Hall–Kier alpha value is -1.15. The summed E-state index contributed by atoms with van der Waals surface area (Å²) in [5, 5.41) is 12.2. The quantitative estimate of drug-likeness (QED) is 0.853. The van der Waals surface area contributed by atoms with Crippen molar-refractivity contribution in [3.63, 3.8) is 0 Å². The van der Waals surface area contributed by atoms with Crippen LogP contribution in [0.2, 0.25) is 5.02 Å². The summed E-state index contributed by atoms with van der Waals surface area (Å²) in [4.78, 5) is 4.25. The van der Waals surface area contributed by atoms with Crippen LogP contribution in [0.25, 0.3) is 0 Å². The maximum atomic E-state index is 12.4. The molecule has 1 unspecified atom stereocenters. The molecule has 8 heteroatoms. The average molecular weight is 361 g/mol. The number of nitrogens with zero attached hydrogens (tertiary/aromatic N) is 1. The zero-order valence-corrected chi connectivity index (χ0v) is 14.8. The van der Waals surface area contributed by atoms with E-state index in [9.17, 15) is 13.5 Å². The minimum atomic E-state index is -3.77. The van der Waals surface area contributed by atoms with Gasteiger partial charge in [-0.15, -0.1) is 11.3 Å². The maximum Gasteiger partial charge on any atom is 0.263 e. The Morgan fingerprint density at radius 1 is 1.36 bits per heavy atom. The van der Waals surface area contributed by atoms with Gasteiger partial charge in [-0.1, -0.05) is 31.5 Å². The summed E-state index contributed by atoms with van der Waals surface area (Å²) in [6, 6.07) is 4.71. The van der Waals surface area contributed by atoms with Gasteiger partial charge in [-0.05, 0) is 30.5 Å². The van der Waals surface area contributed by atoms with Gasteiger partial charge >= 0.3 is 0 Å². The Morgan fingerprint density at radius 2 is 2.05 bits per heavy atom. The molecule has 1 aromatic heterocycles. The van der Waals surface area contributed by atoms with E-state index in [4.69, 9.17) is 11.6 Å². The van der Waals surface area contributed by atoms with Gasteiger partial charge in [0.15, 0.2) is 5.13 Å². The first-order chi connectivity index (χ1) is 10.2. The highest BCUT2D eigenvalue weighted by atomic mass is 35.5. The number of nitrogens with one attached hydrogen (secondary N) is 1. The number of rotatable bonds is 5. The van der Waals surface area contributed by atoms with Gasteiger partial charge in [0.25, 0.3) is 10.0 Å². The zero-order valence-electron chi connectivity index (χ0n) is 12.4. The Kier molecular flexibility index (Phi) is 5.11. The molecule has 0 spiro atoms. The SMILES string of the molecule is Cc1c(Cl)cccc1S(=O)(=O)Nc1nc(C(O)C(C)C)cs1. The topological polar surface area (TPSA) is 79.3 Å². The monoisotopic (exact) mass is 360 g/mol. The molecule has 0 aliphatic carbocycles. The van der Waals surface area contributed by atoms with Crippen molar-refractivity contribution in [2.24, 2.45) is 5.92 Å². The molecular formula is C14H17ClN2O3S2. The van der Waals surface area contributed by atoms with Crippen LogP contribution >= 0.6 is 22.9 Å². The van der Waals surface area contributed by atoms with E-state index in [-0.39, 0.29) is 15.9 Å². The average Bonchev–Trinajstić information content (AvgIpc) is 2.88. The predicted molar refractivity (Wildman–Crippen MR) is 88.9 cm³/mol. The molecule has 0 radical (unpaired) electrons. The van der Waals surface area contributed by atoms with Gasteiger partial charge in [0.1, 0.15) is 0 Å². The van der Waals surface area contributed by atoms with Crippen LogP contribution in [-0.4, -0.2) is 18.5 Å². The number of hydrogen-bond donors (Lipinski definition) is 2. The molecule has 2 rings (SSSR count). The molecule has 1 atom stereocenters. The molecule has 0 aliphatic rings. The second-order valence-electron chi connectivity index (χ2n) is 5.23. The first-order valence-electron chi connectivity index (χ1n) is 6.64. The van der Waals surface area contributed by atoms with E-state index in [0.29, 0.717) is 16.3 Å². The molecule has 0 bridgehead atoms. The largest absolute Gasteiger partial charge is 0.387 e. The Morgan fingerprint density at radius 3 is 2.68 bits per heavy atom. The third-order valence-electron chi connectivity index (χ3n) is 3.19. The van der Waals surface area contributed by atoms with Gasteiger partial charge < -0.3 is 5.11 Å². The second kappa shape index (κ2) is 6.54. The fraction of sp³-hybridized carbons (Fsp3) is 0.357. The fourth-order valence-corrected chi connectivity index (χ4v) is 4.35. The molecule has 1 heterocycles. The molecule has 0 saturated carbocycles. The van der Waals surface area contributed by atoms with Gasteiger partial charge in [0.2, 0.25) is 0 Å². The summed E-state index contributed by atoms with van der Waals surface area (Å²) in [6.07, 6.45) is -0.720. The summed E-state index contributed by atoms with van der Waals surface area (Å²) >= 11 is 7.10. The number of halogens is 1. The van der Waals surface area contributed by atoms with Crippen molar-refractivity contribution in [2.75, 3.05) is 4.72 Å². The van der Waals surface area contributed by atoms with Crippen LogP contribution in [0, 0.1) is 12.8 Å². The number of thiazole rings is 1. The predicted octanol–water partition coefficient (Wildman–Crippen LogP) is 3.60. The Labute approximate surface area is 139 Å². The number of anilines is 1. The van der Waals surface area contributed by atoms with Gasteiger partial charge in [0.05, 0.1) is 16.7 Å². The lowest BCUT2D eigenvalue weighted by Crippen LogP contribution is -2.14. The second-order valence-corrected chi connectivity index (χ2v) is 8.15. The van der Waals surface area contributed by atoms with Crippen molar-refractivity contribution in [2.45, 2.75) is 31.8 Å². The highest BCUT2D eigenvalue weighted by Gasteiger charge is 2.21. The molecule has 0 amide bonds. The maximum absolute atomic E-state index is 12.4. The van der Waals surface area contributed by atoms with Gasteiger partial charge in [-0.3, -0.25) is 4.72 Å². The normalized spacial score (nSPS) is 13.4. The first kappa shape index (κ1) is 17.2. The third kappa shape index (κ3) is 3.60. The summed E-state index contributed by atoms with van der Waals surface area (Å²) in [7, 11) is -3.77. The van der Waals surface area contributed by atoms with Crippen molar-refractivity contribution in [1.29, 1.82) is 0 Å². The highest BCUT2D eigenvalue weighted by Crippen LogP contribution is 2.28. The summed E-state index contributed by atoms with van der Waals surface area (Å²) in [5.74, 6) is 0.00160. The minimum absolute atomic E-state index is 0.00160. The van der Waals surface area contributed by atoms with Crippen LogP contribution in [0.3, 0.4) is 0 Å². The molecule has 22 heavy (non-hydrogen) atoms. The summed E-state index contributed by atoms with van der Waals surface area (Å²) in [6.45, 7) is 5.37. The van der Waals surface area contributed by atoms with Gasteiger partial charge in [-0.25, -0.2) is 13.4 Å². The van der Waals surface area contributed by atoms with E-state index in [1.54, 1.807) is 24.4 Å². The van der Waals surface area contributed by atoms with Crippen molar-refractivity contribution in [1.82, 2.24) is 4.98 Å². The van der Waals surface area contributed by atoms with Crippen LogP contribution in [0.5, 0.6) is 0 Å². The molecule has 2 aromatic rings. The van der Waals surface area contributed by atoms with E-state index >= 15 is 0 Å². The molecule has 120 valence electrons. The lowest BCUT2D eigenvalue weighted by Gasteiger charge is -2.11. The summed E-state index contributed by atoms with van der Waals surface area (Å²) < 4.78 is 27.3. The van der Waals surface area contributed by atoms with E-state index in [1.807, 2.05) is 13.8 Å². The molecule has 2 N–H and O–H groups in total. The fourth-order valence-electron chi connectivity index (χ4n) is 1.86. The number of sulfonamides is 1. The zero-order chi connectivity index (χ0) is 16.5. The molecule has 0 saturated heterocycles. The van der Waals surface area contributed by atoms with E-state index in [0.717, 1.165) is 11.3 Å². The van der Waals surface area contributed by atoms with Crippen molar-refractivity contribution >= 4 is 38.1 Å². The van der Waals surface area contributed by atoms with Crippen LogP contribution in [0.1, 0.15) is 31.2 Å². The van der Waals surface area contributed by atoms with Gasteiger partial charge in [0, 0.05) is 10.4 Å². The van der Waals surface area contributed by atoms with Crippen LogP contribution in [0.4, 0.5) is 5.13 Å². The van der Waals surface area contributed by atoms with Crippen molar-refractivity contribution in [3.05, 3.63) is 39.9 Å². The van der Waals surface area contributed by atoms with E-state index in [2.05, 4.69) is 9.71 Å². The van der Waals surface area contributed by atoms with Crippen LogP contribution < -0.4 is 4.72 Å². The van der Waals surface area contributed by atoms with E-state index in [1.165, 1.54) is 6.07 Å². The number of aromatic nitrogens is 1. The smallest absolute Gasteiger partial charge is 0.263 e. The number of hydrogen-bond acceptors (Lipinski definition) is 5. The molecule has 0 fully saturated rings. The number of benzene rings is 1. The van der Waals surface area contributed by atoms with E-state index < -0.39 is 16.1 Å². The molecule has 0 aliphatic heterocycles. The lowest BCUT2D eigenvalue weighted by atomic mass is 10.1. The number of aliphatic hydroxyl groups is 1. The van der Waals surface area contributed by atoms with Crippen molar-refractivity contribution < 1.29 is 13.5 Å². The Balaban J connectivity index is 2.28. The number of aliphatic hydroxyl groups excluding tert-OH is 1. The standard InChI is InChI=1S/C14H17ClN2O3S2/c1-8(2)13(18)11-7-21-14(16-11)17-22(19,20)12-6-4-5-10(15)9(12)3/h4-8,13,18H,1-3H3,(H,16,17). The van der Waals surface area contributed by atoms with Crippen LogP contribution in [0.15, 0.2) is 28.5 Å². The lowest BCUT2D eigenvalue weighted by molar-refractivity contribution is 0.123. The van der Waals surface area contributed by atoms with Gasteiger partial charge in [-0.2, -0.15) is 0 Å².